The minimum Gasteiger partial charge on any atom is -0.469 e. The van der Waals surface area contributed by atoms with Gasteiger partial charge < -0.3 is 10.1 Å². The Morgan fingerprint density at radius 1 is 1.17 bits per heavy atom. The van der Waals surface area contributed by atoms with Crippen molar-refractivity contribution in [3.8, 4) is 0 Å². The summed E-state index contributed by atoms with van der Waals surface area (Å²) in [5, 5.41) is 5.02. The fourth-order valence-corrected chi connectivity index (χ4v) is 2.46. The van der Waals surface area contributed by atoms with E-state index in [1.165, 1.54) is 7.11 Å². The first-order chi connectivity index (χ1) is 11.2. The first kappa shape index (κ1) is 15.3. The molecule has 0 saturated carbocycles. The summed E-state index contributed by atoms with van der Waals surface area (Å²) in [5.74, 6) is -0.315. The molecule has 0 atom stereocenters. The summed E-state index contributed by atoms with van der Waals surface area (Å²) < 4.78 is 4.72. The van der Waals surface area contributed by atoms with Gasteiger partial charge in [0.05, 0.1) is 24.7 Å². The second kappa shape index (κ2) is 6.67. The zero-order valence-electron chi connectivity index (χ0n) is 12.5. The SMILES string of the molecule is COC(=O)Cc1cc(Nc2ccc(Cl)cc2)c2ccccc2n1. The predicted octanol–water partition coefficient (Wildman–Crippen LogP) is 4.35. The van der Waals surface area contributed by atoms with E-state index >= 15 is 0 Å². The van der Waals surface area contributed by atoms with Crippen molar-refractivity contribution in [1.29, 1.82) is 0 Å². The number of hydrogen-bond acceptors (Lipinski definition) is 4. The Labute approximate surface area is 139 Å². The molecule has 0 saturated heterocycles. The summed E-state index contributed by atoms with van der Waals surface area (Å²) in [6.45, 7) is 0. The number of esters is 1. The van der Waals surface area contributed by atoms with E-state index in [9.17, 15) is 4.79 Å². The molecule has 0 bridgehead atoms. The maximum Gasteiger partial charge on any atom is 0.311 e. The molecule has 0 aliphatic rings. The van der Waals surface area contributed by atoms with Gasteiger partial charge in [-0.1, -0.05) is 29.8 Å². The molecule has 1 aromatic heterocycles. The number of anilines is 2. The van der Waals surface area contributed by atoms with Crippen molar-refractivity contribution in [2.24, 2.45) is 0 Å². The minimum atomic E-state index is -0.315. The van der Waals surface area contributed by atoms with Gasteiger partial charge in [-0.05, 0) is 36.4 Å². The molecular weight excluding hydrogens is 312 g/mol. The fourth-order valence-electron chi connectivity index (χ4n) is 2.33. The van der Waals surface area contributed by atoms with Crippen LogP contribution in [0.5, 0.6) is 0 Å². The van der Waals surface area contributed by atoms with Crippen LogP contribution in [0, 0.1) is 0 Å². The van der Waals surface area contributed by atoms with Crippen molar-refractivity contribution in [1.82, 2.24) is 4.98 Å². The maximum absolute atomic E-state index is 11.5. The van der Waals surface area contributed by atoms with Crippen molar-refractivity contribution in [3.63, 3.8) is 0 Å². The molecule has 5 heteroatoms. The molecule has 3 rings (SSSR count). The molecule has 0 unspecified atom stereocenters. The molecule has 1 N–H and O–H groups in total. The molecule has 0 aliphatic heterocycles. The van der Waals surface area contributed by atoms with Gasteiger partial charge in [-0.3, -0.25) is 9.78 Å². The number of para-hydroxylation sites is 1. The Morgan fingerprint density at radius 2 is 1.91 bits per heavy atom. The molecule has 0 radical (unpaired) electrons. The van der Waals surface area contributed by atoms with Crippen LogP contribution in [0.25, 0.3) is 10.9 Å². The number of hydrogen-bond donors (Lipinski definition) is 1. The molecule has 0 amide bonds. The van der Waals surface area contributed by atoms with Gasteiger partial charge in [0.2, 0.25) is 0 Å². The Balaban J connectivity index is 2.02. The maximum atomic E-state index is 11.5. The van der Waals surface area contributed by atoms with Gasteiger partial charge >= 0.3 is 5.97 Å². The average molecular weight is 327 g/mol. The van der Waals surface area contributed by atoms with Crippen molar-refractivity contribution < 1.29 is 9.53 Å². The standard InChI is InChI=1S/C18H15ClN2O2/c1-23-18(22)11-14-10-17(15-4-2-3-5-16(15)21-14)20-13-8-6-12(19)7-9-13/h2-10H,11H2,1H3,(H,20,21). The van der Waals surface area contributed by atoms with Crippen LogP contribution in [0.4, 0.5) is 11.4 Å². The molecule has 0 spiro atoms. The summed E-state index contributed by atoms with van der Waals surface area (Å²) in [4.78, 5) is 16.0. The third-order valence-electron chi connectivity index (χ3n) is 3.45. The largest absolute Gasteiger partial charge is 0.469 e. The molecule has 3 aromatic rings. The van der Waals surface area contributed by atoms with E-state index in [0.717, 1.165) is 22.3 Å². The number of pyridine rings is 1. The molecule has 23 heavy (non-hydrogen) atoms. The number of rotatable bonds is 4. The quantitative estimate of drug-likeness (QED) is 0.724. The smallest absolute Gasteiger partial charge is 0.311 e. The van der Waals surface area contributed by atoms with E-state index in [-0.39, 0.29) is 12.4 Å². The first-order valence-electron chi connectivity index (χ1n) is 7.14. The molecule has 0 aliphatic carbocycles. The number of aromatic nitrogens is 1. The van der Waals surface area contributed by atoms with E-state index in [4.69, 9.17) is 16.3 Å². The van der Waals surface area contributed by atoms with Gasteiger partial charge in [-0.2, -0.15) is 0 Å². The number of halogens is 1. The predicted molar refractivity (Wildman–Crippen MR) is 92.2 cm³/mol. The van der Waals surface area contributed by atoms with E-state index < -0.39 is 0 Å². The van der Waals surface area contributed by atoms with Gasteiger partial charge in [0.1, 0.15) is 0 Å². The van der Waals surface area contributed by atoms with Crippen LogP contribution in [0.3, 0.4) is 0 Å². The number of ether oxygens (including phenoxy) is 1. The molecule has 0 fully saturated rings. The lowest BCUT2D eigenvalue weighted by atomic mass is 10.1. The molecule has 116 valence electrons. The highest BCUT2D eigenvalue weighted by atomic mass is 35.5. The number of carbonyl (C=O) groups excluding carboxylic acids is 1. The van der Waals surface area contributed by atoms with Crippen LogP contribution in [0.15, 0.2) is 54.6 Å². The lowest BCUT2D eigenvalue weighted by Crippen LogP contribution is -2.07. The molecule has 1 heterocycles. The first-order valence-corrected chi connectivity index (χ1v) is 7.51. The van der Waals surface area contributed by atoms with Crippen LogP contribution >= 0.6 is 11.6 Å². The second-order valence-corrected chi connectivity index (χ2v) is 5.50. The zero-order chi connectivity index (χ0) is 16.2. The Hall–Kier alpha value is -2.59. The monoisotopic (exact) mass is 326 g/mol. The summed E-state index contributed by atoms with van der Waals surface area (Å²) in [6, 6.07) is 17.1. The summed E-state index contributed by atoms with van der Waals surface area (Å²) in [5.41, 5.74) is 3.28. The lowest BCUT2D eigenvalue weighted by Gasteiger charge is -2.12. The molecule has 4 nitrogen and oxygen atoms in total. The highest BCUT2D eigenvalue weighted by Gasteiger charge is 2.10. The third kappa shape index (κ3) is 3.60. The van der Waals surface area contributed by atoms with E-state index in [0.29, 0.717) is 10.7 Å². The normalized spacial score (nSPS) is 10.5. The number of carbonyl (C=O) groups is 1. The van der Waals surface area contributed by atoms with E-state index in [2.05, 4.69) is 10.3 Å². The Morgan fingerprint density at radius 3 is 2.65 bits per heavy atom. The van der Waals surface area contributed by atoms with Crippen molar-refractivity contribution in [2.45, 2.75) is 6.42 Å². The van der Waals surface area contributed by atoms with Gasteiger partial charge in [-0.15, -0.1) is 0 Å². The number of methoxy groups -OCH3 is 1. The van der Waals surface area contributed by atoms with Crippen molar-refractivity contribution in [3.05, 3.63) is 65.3 Å². The average Bonchev–Trinajstić information content (AvgIpc) is 2.57. The van der Waals surface area contributed by atoms with Gasteiger partial charge in [0.15, 0.2) is 0 Å². The fraction of sp³-hybridized carbons (Fsp3) is 0.111. The number of benzene rings is 2. The highest BCUT2D eigenvalue weighted by Crippen LogP contribution is 2.27. The Kier molecular flexibility index (Phi) is 4.44. The zero-order valence-corrected chi connectivity index (χ0v) is 13.3. The van der Waals surface area contributed by atoms with Gasteiger partial charge in [0.25, 0.3) is 0 Å². The van der Waals surface area contributed by atoms with Crippen LogP contribution in [-0.4, -0.2) is 18.1 Å². The number of fused-ring (bicyclic) bond motifs is 1. The van der Waals surface area contributed by atoms with E-state index in [1.807, 2.05) is 54.6 Å². The van der Waals surface area contributed by atoms with Crippen LogP contribution in [0.2, 0.25) is 5.02 Å². The second-order valence-electron chi connectivity index (χ2n) is 5.06. The van der Waals surface area contributed by atoms with E-state index in [1.54, 1.807) is 0 Å². The van der Waals surface area contributed by atoms with Crippen LogP contribution in [-0.2, 0) is 16.0 Å². The van der Waals surface area contributed by atoms with Gasteiger partial charge in [0, 0.05) is 21.8 Å². The van der Waals surface area contributed by atoms with Crippen molar-refractivity contribution in [2.75, 3.05) is 12.4 Å². The highest BCUT2D eigenvalue weighted by molar-refractivity contribution is 6.30. The molecular formula is C18H15ClN2O2. The summed E-state index contributed by atoms with van der Waals surface area (Å²) >= 11 is 5.92. The third-order valence-corrected chi connectivity index (χ3v) is 3.70. The summed E-state index contributed by atoms with van der Waals surface area (Å²) in [7, 11) is 1.37. The number of nitrogens with zero attached hydrogens (tertiary/aromatic N) is 1. The van der Waals surface area contributed by atoms with Crippen molar-refractivity contribution >= 4 is 39.8 Å². The minimum absolute atomic E-state index is 0.136. The van der Waals surface area contributed by atoms with Crippen LogP contribution in [0.1, 0.15) is 5.69 Å². The molecule has 2 aromatic carbocycles. The lowest BCUT2D eigenvalue weighted by molar-refractivity contribution is -0.139. The Bertz CT molecular complexity index is 847. The summed E-state index contributed by atoms with van der Waals surface area (Å²) in [6.07, 6.45) is 0.136. The van der Waals surface area contributed by atoms with Crippen LogP contribution < -0.4 is 5.32 Å². The number of nitrogens with one attached hydrogen (secondary N) is 1. The van der Waals surface area contributed by atoms with Gasteiger partial charge in [-0.25, -0.2) is 0 Å². The topological polar surface area (TPSA) is 51.2 Å².